The predicted molar refractivity (Wildman–Crippen MR) is 64.5 cm³/mol. The van der Waals surface area contributed by atoms with Crippen LogP contribution in [0, 0.1) is 10.1 Å². The quantitative estimate of drug-likeness (QED) is 0.597. The molecule has 0 atom stereocenters. The summed E-state index contributed by atoms with van der Waals surface area (Å²) in [6.07, 6.45) is 0. The lowest BCUT2D eigenvalue weighted by molar-refractivity contribution is -0.384. The molecule has 0 radical (unpaired) electrons. The van der Waals surface area contributed by atoms with E-state index < -0.39 is 4.92 Å². The van der Waals surface area contributed by atoms with Gasteiger partial charge in [-0.05, 0) is 17.3 Å². The Morgan fingerprint density at radius 3 is 2.28 bits per heavy atom. The maximum atomic E-state index is 10.5. The number of hydrogen-bond donors (Lipinski definition) is 0. The smallest absolute Gasteiger partial charge is 0.258 e. The number of nitro benzene ring substituents is 1. The molecule has 0 aliphatic heterocycles. The molecule has 7 nitrogen and oxygen atoms in total. The van der Waals surface area contributed by atoms with E-state index in [0.717, 1.165) is 0 Å². The van der Waals surface area contributed by atoms with Crippen molar-refractivity contribution in [2.45, 2.75) is 26.2 Å². The number of hydrogen-bond acceptors (Lipinski definition) is 5. The van der Waals surface area contributed by atoms with Crippen LogP contribution < -0.4 is 0 Å². The number of aromatic nitrogens is 4. The van der Waals surface area contributed by atoms with E-state index in [2.05, 4.69) is 15.4 Å². The Labute approximate surface area is 104 Å². The molecular formula is C11H13N5O2. The van der Waals surface area contributed by atoms with Crippen molar-refractivity contribution in [1.82, 2.24) is 20.2 Å². The topological polar surface area (TPSA) is 86.7 Å². The number of benzene rings is 1. The van der Waals surface area contributed by atoms with Gasteiger partial charge in [-0.2, -0.15) is 0 Å². The summed E-state index contributed by atoms with van der Waals surface area (Å²) in [7, 11) is 0. The third kappa shape index (κ3) is 2.34. The van der Waals surface area contributed by atoms with Crippen LogP contribution >= 0.6 is 0 Å². The standard InChI is InChI=1S/C11H13N5O2/c1-11(2,3)10-12-14-15(13-10)8-4-6-9(7-5-8)16(17)18/h4-7H,1-3H3. The Morgan fingerprint density at radius 2 is 1.83 bits per heavy atom. The number of rotatable bonds is 2. The van der Waals surface area contributed by atoms with Crippen LogP contribution in [0.5, 0.6) is 0 Å². The molecule has 0 fully saturated rings. The molecule has 0 unspecified atom stereocenters. The second-order valence-electron chi connectivity index (χ2n) is 4.93. The van der Waals surface area contributed by atoms with Crippen LogP contribution in [-0.4, -0.2) is 25.1 Å². The highest BCUT2D eigenvalue weighted by molar-refractivity contribution is 5.39. The summed E-state index contributed by atoms with van der Waals surface area (Å²) in [5.41, 5.74) is 0.498. The van der Waals surface area contributed by atoms with E-state index in [1.54, 1.807) is 12.1 Å². The molecule has 18 heavy (non-hydrogen) atoms. The Bertz CT molecular complexity index is 568. The van der Waals surface area contributed by atoms with Crippen LogP contribution in [0.15, 0.2) is 24.3 Å². The molecule has 0 amide bonds. The number of nitrogens with zero attached hydrogens (tertiary/aromatic N) is 5. The van der Waals surface area contributed by atoms with Crippen molar-refractivity contribution in [2.75, 3.05) is 0 Å². The zero-order valence-electron chi connectivity index (χ0n) is 10.4. The average Bonchev–Trinajstić information content (AvgIpc) is 2.78. The van der Waals surface area contributed by atoms with Gasteiger partial charge in [0.1, 0.15) is 0 Å². The van der Waals surface area contributed by atoms with Crippen molar-refractivity contribution in [1.29, 1.82) is 0 Å². The molecule has 0 aliphatic carbocycles. The second-order valence-corrected chi connectivity index (χ2v) is 4.93. The van der Waals surface area contributed by atoms with E-state index in [1.807, 2.05) is 20.8 Å². The van der Waals surface area contributed by atoms with E-state index in [1.165, 1.54) is 16.9 Å². The van der Waals surface area contributed by atoms with E-state index in [4.69, 9.17) is 0 Å². The van der Waals surface area contributed by atoms with E-state index in [0.29, 0.717) is 11.5 Å². The van der Waals surface area contributed by atoms with Crippen molar-refractivity contribution in [2.24, 2.45) is 0 Å². The monoisotopic (exact) mass is 247 g/mol. The first-order chi connectivity index (χ1) is 8.38. The Kier molecular flexibility index (Phi) is 2.82. The van der Waals surface area contributed by atoms with E-state index in [-0.39, 0.29) is 11.1 Å². The van der Waals surface area contributed by atoms with Gasteiger partial charge in [-0.15, -0.1) is 15.0 Å². The summed E-state index contributed by atoms with van der Waals surface area (Å²) in [5.74, 6) is 0.626. The zero-order valence-corrected chi connectivity index (χ0v) is 10.4. The van der Waals surface area contributed by atoms with Crippen molar-refractivity contribution < 1.29 is 4.92 Å². The normalized spacial score (nSPS) is 11.5. The van der Waals surface area contributed by atoms with Crippen molar-refractivity contribution >= 4 is 5.69 Å². The minimum Gasteiger partial charge on any atom is -0.258 e. The molecule has 7 heteroatoms. The average molecular weight is 247 g/mol. The third-order valence-electron chi connectivity index (χ3n) is 2.38. The molecule has 1 aromatic carbocycles. The van der Waals surface area contributed by atoms with Gasteiger partial charge in [0.05, 0.1) is 10.6 Å². The van der Waals surface area contributed by atoms with Gasteiger partial charge in [0.2, 0.25) is 0 Å². The lowest BCUT2D eigenvalue weighted by Crippen LogP contribution is -2.14. The predicted octanol–water partition coefficient (Wildman–Crippen LogP) is 1.87. The summed E-state index contributed by atoms with van der Waals surface area (Å²) in [6.45, 7) is 5.97. The molecule has 2 aromatic rings. The molecule has 94 valence electrons. The lowest BCUT2D eigenvalue weighted by Gasteiger charge is -2.11. The summed E-state index contributed by atoms with van der Waals surface area (Å²) < 4.78 is 0. The molecular weight excluding hydrogens is 234 g/mol. The first-order valence-corrected chi connectivity index (χ1v) is 5.43. The van der Waals surface area contributed by atoms with Crippen molar-refractivity contribution in [3.05, 3.63) is 40.2 Å². The van der Waals surface area contributed by atoms with Crippen molar-refractivity contribution in [3.63, 3.8) is 0 Å². The highest BCUT2D eigenvalue weighted by Crippen LogP contribution is 2.18. The van der Waals surface area contributed by atoms with E-state index in [9.17, 15) is 10.1 Å². The van der Waals surface area contributed by atoms with Crippen molar-refractivity contribution in [3.8, 4) is 5.69 Å². The number of tetrazole rings is 1. The summed E-state index contributed by atoms with van der Waals surface area (Å²) in [4.78, 5) is 11.5. The summed E-state index contributed by atoms with van der Waals surface area (Å²) >= 11 is 0. The number of non-ortho nitro benzene ring substituents is 1. The molecule has 0 spiro atoms. The molecule has 0 saturated carbocycles. The SMILES string of the molecule is CC(C)(C)c1nnn(-c2ccc([N+](=O)[O-])cc2)n1. The Hall–Kier alpha value is -2.31. The van der Waals surface area contributed by atoms with Crippen LogP contribution in [0.1, 0.15) is 26.6 Å². The molecule has 1 heterocycles. The van der Waals surface area contributed by atoms with Crippen LogP contribution in [0.25, 0.3) is 5.69 Å². The lowest BCUT2D eigenvalue weighted by atomic mass is 9.96. The van der Waals surface area contributed by atoms with Gasteiger partial charge in [0.25, 0.3) is 5.69 Å². The van der Waals surface area contributed by atoms with Crippen LogP contribution in [-0.2, 0) is 5.41 Å². The summed E-state index contributed by atoms with van der Waals surface area (Å²) in [5, 5.41) is 22.7. The van der Waals surface area contributed by atoms with Gasteiger partial charge in [-0.25, -0.2) is 0 Å². The fourth-order valence-corrected chi connectivity index (χ4v) is 1.33. The summed E-state index contributed by atoms with van der Waals surface area (Å²) in [6, 6.07) is 6.00. The highest BCUT2D eigenvalue weighted by Gasteiger charge is 2.20. The number of nitro groups is 1. The van der Waals surface area contributed by atoms with Crippen LogP contribution in [0.4, 0.5) is 5.69 Å². The third-order valence-corrected chi connectivity index (χ3v) is 2.38. The molecule has 0 saturated heterocycles. The highest BCUT2D eigenvalue weighted by atomic mass is 16.6. The largest absolute Gasteiger partial charge is 0.269 e. The molecule has 1 aromatic heterocycles. The molecule has 0 bridgehead atoms. The second kappa shape index (κ2) is 4.17. The maximum Gasteiger partial charge on any atom is 0.269 e. The fraction of sp³-hybridized carbons (Fsp3) is 0.364. The van der Waals surface area contributed by atoms with Gasteiger partial charge in [0, 0.05) is 17.5 Å². The van der Waals surface area contributed by atoms with Gasteiger partial charge >= 0.3 is 0 Å². The fourth-order valence-electron chi connectivity index (χ4n) is 1.33. The minimum atomic E-state index is -0.445. The molecule has 0 aliphatic rings. The first-order valence-electron chi connectivity index (χ1n) is 5.43. The zero-order chi connectivity index (χ0) is 13.3. The Balaban J connectivity index is 2.32. The van der Waals surface area contributed by atoms with Gasteiger partial charge in [0.15, 0.2) is 5.82 Å². The van der Waals surface area contributed by atoms with Gasteiger partial charge in [-0.3, -0.25) is 10.1 Å². The van der Waals surface area contributed by atoms with Crippen LogP contribution in [0.3, 0.4) is 0 Å². The van der Waals surface area contributed by atoms with Gasteiger partial charge < -0.3 is 0 Å². The van der Waals surface area contributed by atoms with Gasteiger partial charge in [-0.1, -0.05) is 20.8 Å². The Morgan fingerprint density at radius 1 is 1.22 bits per heavy atom. The minimum absolute atomic E-state index is 0.0370. The van der Waals surface area contributed by atoms with E-state index >= 15 is 0 Å². The van der Waals surface area contributed by atoms with Crippen LogP contribution in [0.2, 0.25) is 0 Å². The first kappa shape index (κ1) is 12.2. The molecule has 0 N–H and O–H groups in total. The molecule has 2 rings (SSSR count). The maximum absolute atomic E-state index is 10.5.